The molecular weight excluding hydrogens is 374 g/mol. The van der Waals surface area contributed by atoms with Crippen LogP contribution in [0.3, 0.4) is 0 Å². The number of hydrogen-bond donors (Lipinski definition) is 1. The fourth-order valence-corrected chi connectivity index (χ4v) is 3.29. The topological polar surface area (TPSA) is 67.4 Å². The van der Waals surface area contributed by atoms with Crippen LogP contribution in [0, 0.1) is 0 Å². The Bertz CT molecular complexity index is 728. The van der Waals surface area contributed by atoms with Crippen molar-refractivity contribution in [1.82, 2.24) is 5.32 Å². The normalized spacial score (nSPS) is 10.4. The van der Waals surface area contributed by atoms with Crippen molar-refractivity contribution in [3.05, 3.63) is 35.4 Å². The number of hydrogen-bond acceptors (Lipinski definition) is 7. The highest BCUT2D eigenvalue weighted by atomic mass is 16.5. The summed E-state index contributed by atoms with van der Waals surface area (Å²) in [5, 5.41) is 3.46. The van der Waals surface area contributed by atoms with Crippen LogP contribution in [0.25, 0.3) is 0 Å². The molecule has 0 unspecified atom stereocenters. The first-order valence-corrected chi connectivity index (χ1v) is 9.41. The molecule has 7 heteroatoms. The van der Waals surface area contributed by atoms with E-state index in [0.29, 0.717) is 34.5 Å². The van der Waals surface area contributed by atoms with E-state index >= 15 is 0 Å². The van der Waals surface area contributed by atoms with Crippen LogP contribution in [-0.2, 0) is 12.8 Å². The molecule has 0 atom stereocenters. The van der Waals surface area contributed by atoms with Crippen molar-refractivity contribution in [2.24, 2.45) is 0 Å². The van der Waals surface area contributed by atoms with Gasteiger partial charge in [-0.05, 0) is 49.2 Å². The third-order valence-electron chi connectivity index (χ3n) is 4.71. The van der Waals surface area contributed by atoms with Crippen molar-refractivity contribution < 1.29 is 28.4 Å². The van der Waals surface area contributed by atoms with Crippen LogP contribution in [0.2, 0.25) is 0 Å². The van der Waals surface area contributed by atoms with E-state index < -0.39 is 0 Å². The maximum absolute atomic E-state index is 5.54. The average molecular weight is 405 g/mol. The summed E-state index contributed by atoms with van der Waals surface area (Å²) in [6, 6.07) is 7.79. The zero-order chi connectivity index (χ0) is 21.2. The summed E-state index contributed by atoms with van der Waals surface area (Å²) in [5.41, 5.74) is 2.11. The van der Waals surface area contributed by atoms with Crippen molar-refractivity contribution in [1.29, 1.82) is 0 Å². The number of rotatable bonds is 12. The molecule has 2 aromatic rings. The predicted octanol–water partition coefficient (Wildman–Crippen LogP) is 3.11. The van der Waals surface area contributed by atoms with Crippen LogP contribution >= 0.6 is 0 Å². The third kappa shape index (κ3) is 5.17. The molecule has 0 bridgehead atoms. The maximum Gasteiger partial charge on any atom is 0.203 e. The lowest BCUT2D eigenvalue weighted by molar-refractivity contribution is 0.321. The summed E-state index contributed by atoms with van der Waals surface area (Å²) >= 11 is 0. The van der Waals surface area contributed by atoms with Crippen LogP contribution in [0.1, 0.15) is 11.1 Å². The lowest BCUT2D eigenvalue weighted by atomic mass is 10.1. The Hall–Kier alpha value is -2.80. The molecular formula is C22H31NO6. The first kappa shape index (κ1) is 22.5. The lowest BCUT2D eigenvalue weighted by Gasteiger charge is -2.17. The fourth-order valence-electron chi connectivity index (χ4n) is 3.29. The second kappa shape index (κ2) is 11.3. The molecule has 2 rings (SSSR count). The molecule has 0 spiro atoms. The first-order chi connectivity index (χ1) is 14.1. The molecule has 0 saturated heterocycles. The Balaban J connectivity index is 1.97. The van der Waals surface area contributed by atoms with Crippen molar-refractivity contribution in [2.75, 3.05) is 55.7 Å². The standard InChI is InChI=1S/C22H31NO6/c1-24-17-9-7-15(19(26-3)21(17)28-5)11-13-23-14-12-16-8-10-18(25-2)22(29-6)20(16)27-4/h7-10,23H,11-14H2,1-6H3. The first-order valence-electron chi connectivity index (χ1n) is 9.41. The highest BCUT2D eigenvalue weighted by Crippen LogP contribution is 2.40. The molecule has 0 aliphatic carbocycles. The number of ether oxygens (including phenoxy) is 6. The second-order valence-electron chi connectivity index (χ2n) is 6.24. The van der Waals surface area contributed by atoms with Gasteiger partial charge in [0.15, 0.2) is 23.0 Å². The van der Waals surface area contributed by atoms with Gasteiger partial charge in [0.1, 0.15) is 0 Å². The van der Waals surface area contributed by atoms with Gasteiger partial charge in [-0.2, -0.15) is 0 Å². The molecule has 0 heterocycles. The molecule has 0 amide bonds. The number of benzene rings is 2. The molecule has 1 N–H and O–H groups in total. The largest absolute Gasteiger partial charge is 0.493 e. The predicted molar refractivity (Wildman–Crippen MR) is 112 cm³/mol. The summed E-state index contributed by atoms with van der Waals surface area (Å²) in [6.45, 7) is 1.59. The van der Waals surface area contributed by atoms with E-state index in [1.165, 1.54) is 0 Å². The Kier molecular flexibility index (Phi) is 8.73. The molecule has 7 nitrogen and oxygen atoms in total. The molecule has 0 radical (unpaired) electrons. The fraction of sp³-hybridized carbons (Fsp3) is 0.455. The number of methoxy groups -OCH3 is 6. The molecule has 0 aliphatic rings. The van der Waals surface area contributed by atoms with Gasteiger partial charge in [-0.25, -0.2) is 0 Å². The summed E-state index contributed by atoms with van der Waals surface area (Å²) in [5.74, 6) is 3.94. The van der Waals surface area contributed by atoms with Crippen LogP contribution in [0.15, 0.2) is 24.3 Å². The van der Waals surface area contributed by atoms with E-state index in [-0.39, 0.29) is 0 Å². The molecule has 0 saturated carbocycles. The monoisotopic (exact) mass is 405 g/mol. The Morgan fingerprint density at radius 1 is 0.517 bits per heavy atom. The van der Waals surface area contributed by atoms with Gasteiger partial charge in [-0.3, -0.25) is 0 Å². The Labute approximate surface area is 172 Å². The Morgan fingerprint density at radius 2 is 0.897 bits per heavy atom. The average Bonchev–Trinajstić information content (AvgIpc) is 2.77. The molecule has 29 heavy (non-hydrogen) atoms. The zero-order valence-corrected chi connectivity index (χ0v) is 18.1. The summed E-state index contributed by atoms with van der Waals surface area (Å²) in [6.07, 6.45) is 1.60. The molecule has 0 fully saturated rings. The highest BCUT2D eigenvalue weighted by Gasteiger charge is 2.16. The van der Waals surface area contributed by atoms with Gasteiger partial charge in [0.05, 0.1) is 42.7 Å². The van der Waals surface area contributed by atoms with E-state index in [1.54, 1.807) is 42.7 Å². The van der Waals surface area contributed by atoms with Crippen LogP contribution in [0.5, 0.6) is 34.5 Å². The van der Waals surface area contributed by atoms with Crippen molar-refractivity contribution in [3.63, 3.8) is 0 Å². The van der Waals surface area contributed by atoms with Crippen molar-refractivity contribution in [3.8, 4) is 34.5 Å². The van der Waals surface area contributed by atoms with Gasteiger partial charge < -0.3 is 33.7 Å². The quantitative estimate of drug-likeness (QED) is 0.544. The van der Waals surface area contributed by atoms with Gasteiger partial charge in [-0.1, -0.05) is 12.1 Å². The summed E-state index contributed by atoms with van der Waals surface area (Å²) in [4.78, 5) is 0. The minimum absolute atomic E-state index is 0.613. The Morgan fingerprint density at radius 3 is 1.21 bits per heavy atom. The van der Waals surface area contributed by atoms with Gasteiger partial charge in [0.25, 0.3) is 0 Å². The second-order valence-corrected chi connectivity index (χ2v) is 6.24. The van der Waals surface area contributed by atoms with E-state index in [2.05, 4.69) is 5.32 Å². The van der Waals surface area contributed by atoms with Crippen LogP contribution in [0.4, 0.5) is 0 Å². The lowest BCUT2D eigenvalue weighted by Crippen LogP contribution is -2.20. The van der Waals surface area contributed by atoms with Gasteiger partial charge in [0, 0.05) is 0 Å². The van der Waals surface area contributed by atoms with Gasteiger partial charge >= 0.3 is 0 Å². The molecule has 160 valence electrons. The molecule has 0 aliphatic heterocycles. The van der Waals surface area contributed by atoms with E-state index in [1.807, 2.05) is 24.3 Å². The van der Waals surface area contributed by atoms with E-state index in [9.17, 15) is 0 Å². The maximum atomic E-state index is 5.54. The smallest absolute Gasteiger partial charge is 0.203 e. The minimum Gasteiger partial charge on any atom is -0.493 e. The van der Waals surface area contributed by atoms with Crippen molar-refractivity contribution in [2.45, 2.75) is 12.8 Å². The van der Waals surface area contributed by atoms with Crippen LogP contribution in [-0.4, -0.2) is 55.7 Å². The number of nitrogens with one attached hydrogen (secondary N) is 1. The van der Waals surface area contributed by atoms with Crippen molar-refractivity contribution >= 4 is 0 Å². The minimum atomic E-state index is 0.613. The molecule has 0 aromatic heterocycles. The SMILES string of the molecule is COc1ccc(CCNCCc2ccc(OC)c(OC)c2OC)c(OC)c1OC. The van der Waals surface area contributed by atoms with Gasteiger partial charge in [-0.15, -0.1) is 0 Å². The summed E-state index contributed by atoms with van der Waals surface area (Å²) < 4.78 is 32.6. The van der Waals surface area contributed by atoms with E-state index in [4.69, 9.17) is 28.4 Å². The third-order valence-corrected chi connectivity index (χ3v) is 4.71. The van der Waals surface area contributed by atoms with E-state index in [0.717, 1.165) is 37.1 Å². The molecule has 2 aromatic carbocycles. The summed E-state index contributed by atoms with van der Waals surface area (Å²) in [7, 11) is 9.72. The van der Waals surface area contributed by atoms with Gasteiger partial charge in [0.2, 0.25) is 11.5 Å². The highest BCUT2D eigenvalue weighted by molar-refractivity contribution is 5.56. The van der Waals surface area contributed by atoms with Crippen LogP contribution < -0.4 is 33.7 Å². The zero-order valence-electron chi connectivity index (χ0n) is 18.1.